The summed E-state index contributed by atoms with van der Waals surface area (Å²) in [5.41, 5.74) is 0.839. The quantitative estimate of drug-likeness (QED) is 0.779. The second-order valence-corrected chi connectivity index (χ2v) is 7.69. The lowest BCUT2D eigenvalue weighted by molar-refractivity contribution is 0.0129. The van der Waals surface area contributed by atoms with Crippen LogP contribution < -0.4 is 10.6 Å². The lowest BCUT2D eigenvalue weighted by atomic mass is 10.0. The standard InChI is InChI=1S/C21H31N3O3/c1-15(2)12-18(24-8-10-26-11-9-24)14-22-21(25)23-16(3)20-13-17-6-4-5-7-19(17)27-20/h4-7,13,15-16,18H,8-12,14H2,1-3H3,(H2,22,23,25)/t16-,18+/m1/s1. The number of ether oxygens (including phenoxy) is 1. The van der Waals surface area contributed by atoms with Crippen LogP contribution in [0, 0.1) is 5.92 Å². The molecule has 0 aliphatic carbocycles. The van der Waals surface area contributed by atoms with Crippen LogP contribution in [0.1, 0.15) is 39.0 Å². The monoisotopic (exact) mass is 373 g/mol. The molecule has 1 aromatic carbocycles. The third kappa shape index (κ3) is 5.47. The van der Waals surface area contributed by atoms with E-state index < -0.39 is 0 Å². The number of para-hydroxylation sites is 1. The maximum atomic E-state index is 12.4. The number of furan rings is 1. The fourth-order valence-corrected chi connectivity index (χ4v) is 3.59. The number of nitrogens with zero attached hydrogens (tertiary/aromatic N) is 1. The van der Waals surface area contributed by atoms with Gasteiger partial charge in [0.15, 0.2) is 0 Å². The molecule has 1 saturated heterocycles. The van der Waals surface area contributed by atoms with E-state index >= 15 is 0 Å². The highest BCUT2D eigenvalue weighted by atomic mass is 16.5. The molecule has 2 heterocycles. The number of nitrogens with one attached hydrogen (secondary N) is 2. The summed E-state index contributed by atoms with van der Waals surface area (Å²) >= 11 is 0. The summed E-state index contributed by atoms with van der Waals surface area (Å²) in [5.74, 6) is 1.34. The van der Waals surface area contributed by atoms with Gasteiger partial charge in [0.05, 0.1) is 19.3 Å². The normalized spacial score (nSPS) is 17.8. The molecule has 6 heteroatoms. The highest BCUT2D eigenvalue weighted by Crippen LogP contribution is 2.23. The third-order valence-corrected chi connectivity index (χ3v) is 5.02. The Morgan fingerprint density at radius 1 is 1.19 bits per heavy atom. The Morgan fingerprint density at radius 3 is 2.63 bits per heavy atom. The van der Waals surface area contributed by atoms with Crippen molar-refractivity contribution < 1.29 is 13.9 Å². The van der Waals surface area contributed by atoms with E-state index in [1.807, 2.05) is 37.3 Å². The minimum Gasteiger partial charge on any atom is -0.459 e. The van der Waals surface area contributed by atoms with Gasteiger partial charge in [0.2, 0.25) is 0 Å². The van der Waals surface area contributed by atoms with Gasteiger partial charge in [-0.15, -0.1) is 0 Å². The van der Waals surface area contributed by atoms with Crippen LogP contribution in [0.5, 0.6) is 0 Å². The third-order valence-electron chi connectivity index (χ3n) is 5.02. The van der Waals surface area contributed by atoms with Crippen LogP contribution >= 0.6 is 0 Å². The van der Waals surface area contributed by atoms with E-state index in [0.29, 0.717) is 18.5 Å². The zero-order valence-electron chi connectivity index (χ0n) is 16.5. The minimum absolute atomic E-state index is 0.162. The van der Waals surface area contributed by atoms with Crippen molar-refractivity contribution >= 4 is 17.0 Å². The van der Waals surface area contributed by atoms with E-state index in [9.17, 15) is 4.79 Å². The number of urea groups is 1. The number of morpholine rings is 1. The van der Waals surface area contributed by atoms with E-state index in [0.717, 1.165) is 49.5 Å². The Bertz CT molecular complexity index is 704. The first-order valence-corrected chi connectivity index (χ1v) is 9.87. The molecule has 3 rings (SSSR count). The Hall–Kier alpha value is -2.05. The van der Waals surface area contributed by atoms with E-state index in [2.05, 4.69) is 29.4 Å². The number of hydrogen-bond acceptors (Lipinski definition) is 4. The molecule has 148 valence electrons. The highest BCUT2D eigenvalue weighted by Gasteiger charge is 2.23. The topological polar surface area (TPSA) is 66.7 Å². The van der Waals surface area contributed by atoms with Crippen molar-refractivity contribution in [3.63, 3.8) is 0 Å². The average molecular weight is 373 g/mol. The van der Waals surface area contributed by atoms with E-state index in [1.54, 1.807) is 0 Å². The fourth-order valence-electron chi connectivity index (χ4n) is 3.59. The summed E-state index contributed by atoms with van der Waals surface area (Å²) in [7, 11) is 0. The molecule has 0 radical (unpaired) electrons. The Labute approximate surface area is 161 Å². The second kappa shape index (κ2) is 9.24. The van der Waals surface area contributed by atoms with Gasteiger partial charge in [-0.2, -0.15) is 0 Å². The summed E-state index contributed by atoms with van der Waals surface area (Å²) in [5, 5.41) is 7.07. The molecule has 1 aliphatic heterocycles. The summed E-state index contributed by atoms with van der Waals surface area (Å²) in [6.07, 6.45) is 1.05. The van der Waals surface area contributed by atoms with Crippen LogP contribution in [0.4, 0.5) is 4.79 Å². The Kier molecular flexibility index (Phi) is 6.74. The molecule has 1 fully saturated rings. The number of amides is 2. The fraction of sp³-hybridized carbons (Fsp3) is 0.571. The molecule has 0 bridgehead atoms. The van der Waals surface area contributed by atoms with Crippen LogP contribution in [-0.4, -0.2) is 49.8 Å². The Balaban J connectivity index is 1.53. The zero-order chi connectivity index (χ0) is 19.2. The predicted molar refractivity (Wildman–Crippen MR) is 107 cm³/mol. The van der Waals surface area contributed by atoms with E-state index in [4.69, 9.17) is 9.15 Å². The van der Waals surface area contributed by atoms with Crippen molar-refractivity contribution in [3.05, 3.63) is 36.1 Å². The largest absolute Gasteiger partial charge is 0.459 e. The van der Waals surface area contributed by atoms with Crippen LogP contribution in [0.15, 0.2) is 34.7 Å². The summed E-state index contributed by atoms with van der Waals surface area (Å²) in [6.45, 7) is 10.4. The molecule has 2 atom stereocenters. The molecule has 1 aromatic heterocycles. The van der Waals surface area contributed by atoms with Crippen molar-refractivity contribution in [2.75, 3.05) is 32.8 Å². The molecule has 2 amide bonds. The lowest BCUT2D eigenvalue weighted by Gasteiger charge is -2.35. The van der Waals surface area contributed by atoms with Crippen molar-refractivity contribution in [3.8, 4) is 0 Å². The van der Waals surface area contributed by atoms with Crippen LogP contribution in [-0.2, 0) is 4.74 Å². The van der Waals surface area contributed by atoms with Gasteiger partial charge < -0.3 is 19.8 Å². The van der Waals surface area contributed by atoms with Gasteiger partial charge in [0.1, 0.15) is 11.3 Å². The van der Waals surface area contributed by atoms with E-state index in [-0.39, 0.29) is 12.1 Å². The van der Waals surface area contributed by atoms with Crippen molar-refractivity contribution in [1.82, 2.24) is 15.5 Å². The zero-order valence-corrected chi connectivity index (χ0v) is 16.5. The number of rotatable bonds is 7. The van der Waals surface area contributed by atoms with Gasteiger partial charge in [0, 0.05) is 31.1 Å². The van der Waals surface area contributed by atoms with Crippen molar-refractivity contribution in [2.24, 2.45) is 5.92 Å². The average Bonchev–Trinajstić information content (AvgIpc) is 3.10. The van der Waals surface area contributed by atoms with Gasteiger partial charge in [-0.1, -0.05) is 32.0 Å². The summed E-state index contributed by atoms with van der Waals surface area (Å²) in [4.78, 5) is 14.8. The van der Waals surface area contributed by atoms with Crippen LogP contribution in [0.25, 0.3) is 11.0 Å². The van der Waals surface area contributed by atoms with Gasteiger partial charge in [-0.25, -0.2) is 4.79 Å². The van der Waals surface area contributed by atoms with E-state index in [1.165, 1.54) is 0 Å². The van der Waals surface area contributed by atoms with Crippen molar-refractivity contribution in [2.45, 2.75) is 39.3 Å². The first-order valence-electron chi connectivity index (χ1n) is 9.87. The highest BCUT2D eigenvalue weighted by molar-refractivity contribution is 5.78. The first kappa shape index (κ1) is 19.7. The molecule has 0 saturated carbocycles. The number of benzene rings is 1. The first-order chi connectivity index (χ1) is 13.0. The smallest absolute Gasteiger partial charge is 0.315 e. The Morgan fingerprint density at radius 2 is 1.93 bits per heavy atom. The molecule has 1 aliphatic rings. The summed E-state index contributed by atoms with van der Waals surface area (Å²) < 4.78 is 11.3. The molecule has 27 heavy (non-hydrogen) atoms. The molecule has 0 unspecified atom stereocenters. The van der Waals surface area contributed by atoms with Crippen LogP contribution in [0.3, 0.4) is 0 Å². The number of hydrogen-bond donors (Lipinski definition) is 2. The van der Waals surface area contributed by atoms with Crippen molar-refractivity contribution in [1.29, 1.82) is 0 Å². The van der Waals surface area contributed by atoms with Gasteiger partial charge in [0.25, 0.3) is 0 Å². The lowest BCUT2D eigenvalue weighted by Crippen LogP contribution is -2.50. The molecule has 6 nitrogen and oxygen atoms in total. The second-order valence-electron chi connectivity index (χ2n) is 7.69. The SMILES string of the molecule is CC(C)C[C@@H](CNC(=O)N[C@H](C)c1cc2ccccc2o1)N1CCOCC1. The van der Waals surface area contributed by atoms with Gasteiger partial charge >= 0.3 is 6.03 Å². The van der Waals surface area contributed by atoms with Crippen LogP contribution in [0.2, 0.25) is 0 Å². The summed E-state index contributed by atoms with van der Waals surface area (Å²) in [6, 6.07) is 9.83. The maximum absolute atomic E-state index is 12.4. The maximum Gasteiger partial charge on any atom is 0.315 e. The molecule has 2 aromatic rings. The molecule has 0 spiro atoms. The van der Waals surface area contributed by atoms with Gasteiger partial charge in [-0.05, 0) is 31.4 Å². The molecule has 2 N–H and O–H groups in total. The number of carbonyl (C=O) groups is 1. The van der Waals surface area contributed by atoms with Gasteiger partial charge in [-0.3, -0.25) is 4.90 Å². The predicted octanol–water partition coefficient (Wildman–Crippen LogP) is 3.54. The molecular formula is C21H31N3O3. The number of carbonyl (C=O) groups excluding carboxylic acids is 1. The minimum atomic E-state index is -0.190. The number of fused-ring (bicyclic) bond motifs is 1. The molecular weight excluding hydrogens is 342 g/mol.